The zero-order valence-electron chi connectivity index (χ0n) is 17.1. The molecule has 29 heavy (non-hydrogen) atoms. The van der Waals surface area contributed by atoms with Gasteiger partial charge in [-0.05, 0) is 75.2 Å². The number of thiophene rings is 2. The molecule has 0 bridgehead atoms. The fourth-order valence-electron chi connectivity index (χ4n) is 3.36. The third-order valence-corrected chi connectivity index (χ3v) is 6.85. The van der Waals surface area contributed by atoms with Gasteiger partial charge >= 0.3 is 0 Å². The van der Waals surface area contributed by atoms with Gasteiger partial charge < -0.3 is 25.3 Å². The van der Waals surface area contributed by atoms with Gasteiger partial charge in [0.2, 0.25) is 0 Å². The van der Waals surface area contributed by atoms with Crippen LogP contribution in [0, 0.1) is 13.8 Å². The van der Waals surface area contributed by atoms with Crippen molar-refractivity contribution in [1.82, 2.24) is 10.6 Å². The summed E-state index contributed by atoms with van der Waals surface area (Å²) in [4.78, 5) is 4.94. The predicted molar refractivity (Wildman–Crippen MR) is 122 cm³/mol. The average Bonchev–Trinajstić information content (AvgIpc) is 3.40. The Morgan fingerprint density at radius 1 is 0.759 bits per heavy atom. The summed E-state index contributed by atoms with van der Waals surface area (Å²) in [5.74, 6) is 1.84. The van der Waals surface area contributed by atoms with Gasteiger partial charge in [-0.3, -0.25) is 0 Å². The predicted octanol–water partition coefficient (Wildman–Crippen LogP) is 3.60. The quantitative estimate of drug-likeness (QED) is 0.328. The van der Waals surface area contributed by atoms with Crippen LogP contribution in [0.5, 0.6) is 0 Å². The molecule has 0 aliphatic carbocycles. The van der Waals surface area contributed by atoms with Crippen LogP contribution < -0.4 is 10.6 Å². The van der Waals surface area contributed by atoms with Gasteiger partial charge in [-0.25, -0.2) is 0 Å². The van der Waals surface area contributed by atoms with E-state index in [1.165, 1.54) is 30.6 Å². The second-order valence-electron chi connectivity index (χ2n) is 7.03. The van der Waals surface area contributed by atoms with Crippen molar-refractivity contribution in [2.75, 3.05) is 39.4 Å². The van der Waals surface area contributed by atoms with E-state index >= 15 is 0 Å². The summed E-state index contributed by atoms with van der Waals surface area (Å²) in [6.07, 6.45) is 1.82. The SMILES string of the molecule is Cc1cc(CCNCCO)c(-c2ccc(-c3sc(C)cc3CCNCCO)o2)s1. The lowest BCUT2D eigenvalue weighted by Crippen LogP contribution is -2.20. The fraction of sp³-hybridized carbons (Fsp3) is 0.455. The number of rotatable bonds is 12. The summed E-state index contributed by atoms with van der Waals surface area (Å²) in [5.41, 5.74) is 2.57. The van der Waals surface area contributed by atoms with E-state index < -0.39 is 0 Å². The van der Waals surface area contributed by atoms with E-state index in [0.717, 1.165) is 37.5 Å². The van der Waals surface area contributed by atoms with Gasteiger partial charge in [0.05, 0.1) is 23.0 Å². The van der Waals surface area contributed by atoms with Crippen LogP contribution in [0.2, 0.25) is 0 Å². The Bertz CT molecular complexity index is 827. The van der Waals surface area contributed by atoms with E-state index in [-0.39, 0.29) is 13.2 Å². The third kappa shape index (κ3) is 6.01. The molecule has 3 rings (SSSR count). The molecule has 3 aromatic heterocycles. The monoisotopic (exact) mass is 434 g/mol. The smallest absolute Gasteiger partial charge is 0.145 e. The number of aryl methyl sites for hydroxylation is 2. The molecule has 0 aliphatic rings. The van der Waals surface area contributed by atoms with Gasteiger partial charge in [0, 0.05) is 22.8 Å². The molecule has 0 spiro atoms. The van der Waals surface area contributed by atoms with E-state index in [0.29, 0.717) is 13.1 Å². The molecule has 3 aromatic rings. The van der Waals surface area contributed by atoms with Crippen molar-refractivity contribution < 1.29 is 14.6 Å². The van der Waals surface area contributed by atoms with Crippen molar-refractivity contribution in [3.63, 3.8) is 0 Å². The van der Waals surface area contributed by atoms with Crippen LogP contribution in [-0.4, -0.2) is 49.6 Å². The number of aliphatic hydroxyl groups is 2. The number of furan rings is 1. The number of aliphatic hydroxyl groups excluding tert-OH is 2. The molecule has 0 aliphatic heterocycles. The van der Waals surface area contributed by atoms with Gasteiger partial charge in [-0.1, -0.05) is 0 Å². The minimum atomic E-state index is 0.162. The summed E-state index contributed by atoms with van der Waals surface area (Å²) < 4.78 is 6.32. The summed E-state index contributed by atoms with van der Waals surface area (Å²) in [6.45, 7) is 7.50. The Kier molecular flexibility index (Phi) is 8.47. The van der Waals surface area contributed by atoms with Crippen LogP contribution >= 0.6 is 22.7 Å². The molecular formula is C22H30N2O3S2. The zero-order chi connectivity index (χ0) is 20.6. The molecule has 158 valence electrons. The second kappa shape index (κ2) is 11.1. The maximum Gasteiger partial charge on any atom is 0.145 e. The fourth-order valence-corrected chi connectivity index (χ4v) is 5.41. The number of hydrogen-bond donors (Lipinski definition) is 4. The highest BCUT2D eigenvalue weighted by molar-refractivity contribution is 7.16. The summed E-state index contributed by atoms with van der Waals surface area (Å²) in [7, 11) is 0. The van der Waals surface area contributed by atoms with E-state index in [1.54, 1.807) is 22.7 Å². The summed E-state index contributed by atoms with van der Waals surface area (Å²) in [5, 5.41) is 24.3. The van der Waals surface area contributed by atoms with E-state index in [2.05, 4.69) is 48.7 Å². The molecule has 7 heteroatoms. The molecule has 0 aromatic carbocycles. The Labute approximate surface area is 180 Å². The van der Waals surface area contributed by atoms with Crippen molar-refractivity contribution >= 4 is 22.7 Å². The van der Waals surface area contributed by atoms with Crippen molar-refractivity contribution in [3.05, 3.63) is 45.1 Å². The second-order valence-corrected chi connectivity index (χ2v) is 9.55. The standard InChI is InChI=1S/C22H30N2O3S2/c1-15-13-17(5-7-23-9-11-25)21(28-15)19-3-4-20(27-19)22-18(14-16(2)29-22)6-8-24-10-12-26/h3-4,13-14,23-26H,5-12H2,1-2H3. The normalized spacial score (nSPS) is 11.4. The lowest BCUT2D eigenvalue weighted by molar-refractivity contribution is 0.292. The first kappa shape index (κ1) is 22.2. The summed E-state index contributed by atoms with van der Waals surface area (Å²) in [6, 6.07) is 8.62. The molecule has 0 fully saturated rings. The molecule has 5 nitrogen and oxygen atoms in total. The van der Waals surface area contributed by atoms with E-state index in [9.17, 15) is 0 Å². The first-order valence-electron chi connectivity index (χ1n) is 10.0. The Hall–Kier alpha value is -1.48. The van der Waals surface area contributed by atoms with Gasteiger partial charge in [-0.2, -0.15) is 0 Å². The molecule has 3 heterocycles. The Balaban J connectivity index is 1.76. The van der Waals surface area contributed by atoms with Crippen LogP contribution in [0.3, 0.4) is 0 Å². The third-order valence-electron chi connectivity index (χ3n) is 4.64. The van der Waals surface area contributed by atoms with Crippen LogP contribution in [0.25, 0.3) is 21.3 Å². The lowest BCUT2D eigenvalue weighted by atomic mass is 10.1. The molecule has 0 unspecified atom stereocenters. The minimum absolute atomic E-state index is 0.162. The molecule has 0 saturated carbocycles. The summed E-state index contributed by atoms with van der Waals surface area (Å²) >= 11 is 3.53. The van der Waals surface area contributed by atoms with E-state index in [1.807, 2.05) is 0 Å². The van der Waals surface area contributed by atoms with E-state index in [4.69, 9.17) is 14.6 Å². The largest absolute Gasteiger partial charge is 0.454 e. The number of nitrogens with one attached hydrogen (secondary N) is 2. The van der Waals surface area contributed by atoms with Crippen molar-refractivity contribution in [3.8, 4) is 21.3 Å². The molecule has 0 saturated heterocycles. The first-order chi connectivity index (χ1) is 14.1. The van der Waals surface area contributed by atoms with Crippen molar-refractivity contribution in [2.45, 2.75) is 26.7 Å². The van der Waals surface area contributed by atoms with Crippen LogP contribution in [0.1, 0.15) is 20.9 Å². The topological polar surface area (TPSA) is 77.7 Å². The Morgan fingerprint density at radius 2 is 1.21 bits per heavy atom. The van der Waals surface area contributed by atoms with Gasteiger partial charge in [0.25, 0.3) is 0 Å². The highest BCUT2D eigenvalue weighted by Gasteiger charge is 2.17. The maximum absolute atomic E-state index is 8.93. The van der Waals surface area contributed by atoms with Crippen molar-refractivity contribution in [2.24, 2.45) is 0 Å². The molecule has 0 amide bonds. The van der Waals surface area contributed by atoms with Gasteiger partial charge in [0.1, 0.15) is 11.5 Å². The first-order valence-corrected chi connectivity index (χ1v) is 11.7. The number of hydrogen-bond acceptors (Lipinski definition) is 7. The van der Waals surface area contributed by atoms with Crippen LogP contribution in [0.4, 0.5) is 0 Å². The van der Waals surface area contributed by atoms with Crippen LogP contribution in [-0.2, 0) is 12.8 Å². The van der Waals surface area contributed by atoms with Crippen molar-refractivity contribution in [1.29, 1.82) is 0 Å². The highest BCUT2D eigenvalue weighted by atomic mass is 32.1. The average molecular weight is 435 g/mol. The Morgan fingerprint density at radius 3 is 1.62 bits per heavy atom. The lowest BCUT2D eigenvalue weighted by Gasteiger charge is -2.04. The molecular weight excluding hydrogens is 404 g/mol. The zero-order valence-corrected chi connectivity index (χ0v) is 18.7. The van der Waals surface area contributed by atoms with Gasteiger partial charge in [0.15, 0.2) is 0 Å². The highest BCUT2D eigenvalue weighted by Crippen LogP contribution is 2.39. The van der Waals surface area contributed by atoms with Gasteiger partial charge in [-0.15, -0.1) is 22.7 Å². The molecule has 0 atom stereocenters. The molecule has 0 radical (unpaired) electrons. The van der Waals surface area contributed by atoms with Crippen LogP contribution in [0.15, 0.2) is 28.7 Å². The maximum atomic E-state index is 8.93. The molecule has 4 N–H and O–H groups in total. The minimum Gasteiger partial charge on any atom is -0.454 e.